The Bertz CT molecular complexity index is 815. The van der Waals surface area contributed by atoms with Gasteiger partial charge in [0, 0.05) is 24.4 Å². The highest BCUT2D eigenvalue weighted by Gasteiger charge is 2.17. The topological polar surface area (TPSA) is 66.5 Å². The van der Waals surface area contributed by atoms with Crippen LogP contribution < -0.4 is 4.72 Å². The van der Waals surface area contributed by atoms with Gasteiger partial charge in [0.2, 0.25) is 15.9 Å². The molecule has 0 saturated carbocycles. The van der Waals surface area contributed by atoms with Gasteiger partial charge in [-0.2, -0.15) is 0 Å². The Labute approximate surface area is 153 Å². The number of hydrogen-bond donors (Lipinski definition) is 1. The number of sulfonamides is 1. The highest BCUT2D eigenvalue weighted by molar-refractivity contribution is 7.89. The summed E-state index contributed by atoms with van der Waals surface area (Å²) in [5.74, 6) is -0.0568. The summed E-state index contributed by atoms with van der Waals surface area (Å²) in [5.41, 5.74) is 1.97. The van der Waals surface area contributed by atoms with Crippen LogP contribution in [0.4, 0.5) is 0 Å². The summed E-state index contributed by atoms with van der Waals surface area (Å²) < 4.78 is 27.2. The van der Waals surface area contributed by atoms with Gasteiger partial charge in [0.05, 0.1) is 11.4 Å². The molecular weight excluding hydrogens is 356 g/mol. The third kappa shape index (κ3) is 5.39. The molecule has 2 rings (SSSR count). The van der Waals surface area contributed by atoms with E-state index in [1.165, 1.54) is 0 Å². The first-order valence-electron chi connectivity index (χ1n) is 8.20. The maximum atomic E-state index is 12.3. The molecule has 1 heterocycles. The number of hydrogen-bond acceptors (Lipinski definition) is 4. The van der Waals surface area contributed by atoms with Crippen molar-refractivity contribution < 1.29 is 13.2 Å². The minimum atomic E-state index is -3.60. The van der Waals surface area contributed by atoms with E-state index in [1.807, 2.05) is 38.3 Å². The standard InChI is InChI=1S/C18H24N2O3S2/c1-4-20(13-16-6-5-11-24-16)18(21)9-10-19-25(22,23)17-8-7-14(2)15(3)12-17/h5-8,11-12,19H,4,9-10,13H2,1-3H3. The van der Waals surface area contributed by atoms with E-state index < -0.39 is 10.0 Å². The van der Waals surface area contributed by atoms with Gasteiger partial charge in [0.15, 0.2) is 0 Å². The molecule has 2 aromatic rings. The number of rotatable bonds is 8. The summed E-state index contributed by atoms with van der Waals surface area (Å²) >= 11 is 1.61. The molecule has 1 amide bonds. The summed E-state index contributed by atoms with van der Waals surface area (Å²) in [4.78, 5) is 15.4. The van der Waals surface area contributed by atoms with Gasteiger partial charge in [-0.1, -0.05) is 12.1 Å². The van der Waals surface area contributed by atoms with Crippen LogP contribution in [0, 0.1) is 13.8 Å². The molecule has 5 nitrogen and oxygen atoms in total. The van der Waals surface area contributed by atoms with Gasteiger partial charge in [-0.15, -0.1) is 11.3 Å². The van der Waals surface area contributed by atoms with Crippen molar-refractivity contribution in [3.05, 3.63) is 51.7 Å². The minimum Gasteiger partial charge on any atom is -0.338 e. The molecule has 0 radical (unpaired) electrons. The van der Waals surface area contributed by atoms with E-state index in [0.717, 1.165) is 16.0 Å². The van der Waals surface area contributed by atoms with Crippen molar-refractivity contribution >= 4 is 27.3 Å². The van der Waals surface area contributed by atoms with Crippen LogP contribution in [0.3, 0.4) is 0 Å². The molecular formula is C18H24N2O3S2. The van der Waals surface area contributed by atoms with Crippen molar-refractivity contribution in [3.63, 3.8) is 0 Å². The third-order valence-corrected chi connectivity index (χ3v) is 6.40. The molecule has 0 spiro atoms. The second-order valence-electron chi connectivity index (χ2n) is 5.88. The largest absolute Gasteiger partial charge is 0.338 e. The Morgan fingerprint density at radius 3 is 2.56 bits per heavy atom. The average molecular weight is 381 g/mol. The third-order valence-electron chi connectivity index (χ3n) is 4.08. The first-order chi connectivity index (χ1) is 11.8. The molecule has 0 atom stereocenters. The Kier molecular flexibility index (Phi) is 6.75. The van der Waals surface area contributed by atoms with Gasteiger partial charge < -0.3 is 4.90 Å². The number of nitrogens with zero attached hydrogens (tertiary/aromatic N) is 1. The molecule has 0 aliphatic rings. The normalized spacial score (nSPS) is 11.5. The van der Waals surface area contributed by atoms with Crippen molar-refractivity contribution in [2.75, 3.05) is 13.1 Å². The van der Waals surface area contributed by atoms with Gasteiger partial charge in [0.1, 0.15) is 0 Å². The van der Waals surface area contributed by atoms with Crippen LogP contribution in [0.1, 0.15) is 29.3 Å². The van der Waals surface area contributed by atoms with Gasteiger partial charge >= 0.3 is 0 Å². The molecule has 0 aliphatic carbocycles. The van der Waals surface area contributed by atoms with Crippen LogP contribution in [-0.2, 0) is 21.4 Å². The molecule has 1 aromatic heterocycles. The van der Waals surface area contributed by atoms with E-state index in [-0.39, 0.29) is 23.8 Å². The smallest absolute Gasteiger partial charge is 0.240 e. The quantitative estimate of drug-likeness (QED) is 0.765. The van der Waals surface area contributed by atoms with E-state index in [0.29, 0.717) is 13.1 Å². The first kappa shape index (κ1) is 19.6. The van der Waals surface area contributed by atoms with E-state index in [4.69, 9.17) is 0 Å². The van der Waals surface area contributed by atoms with Crippen molar-refractivity contribution in [1.29, 1.82) is 0 Å². The lowest BCUT2D eigenvalue weighted by Crippen LogP contribution is -2.34. The predicted octanol–water partition coefficient (Wildman–Crippen LogP) is 3.08. The Hall–Kier alpha value is -1.70. The molecule has 0 saturated heterocycles. The van der Waals surface area contributed by atoms with Crippen molar-refractivity contribution in [3.8, 4) is 0 Å². The van der Waals surface area contributed by atoms with Gasteiger partial charge in [-0.25, -0.2) is 13.1 Å². The van der Waals surface area contributed by atoms with Crippen LogP contribution in [-0.4, -0.2) is 32.3 Å². The predicted molar refractivity (Wildman–Crippen MR) is 101 cm³/mol. The van der Waals surface area contributed by atoms with E-state index >= 15 is 0 Å². The zero-order valence-electron chi connectivity index (χ0n) is 14.8. The molecule has 1 aromatic carbocycles. The zero-order valence-corrected chi connectivity index (χ0v) is 16.4. The Morgan fingerprint density at radius 2 is 1.96 bits per heavy atom. The molecule has 0 unspecified atom stereocenters. The Morgan fingerprint density at radius 1 is 1.20 bits per heavy atom. The van der Waals surface area contributed by atoms with E-state index in [1.54, 1.807) is 34.4 Å². The molecule has 7 heteroatoms. The Balaban J connectivity index is 1.91. The lowest BCUT2D eigenvalue weighted by molar-refractivity contribution is -0.131. The molecule has 0 fully saturated rings. The van der Waals surface area contributed by atoms with Crippen LogP contribution >= 0.6 is 11.3 Å². The number of nitrogens with one attached hydrogen (secondary N) is 1. The molecule has 25 heavy (non-hydrogen) atoms. The lowest BCUT2D eigenvalue weighted by Gasteiger charge is -2.20. The summed E-state index contributed by atoms with van der Waals surface area (Å²) in [6, 6.07) is 8.96. The molecule has 0 bridgehead atoms. The number of benzene rings is 1. The fraction of sp³-hybridized carbons (Fsp3) is 0.389. The minimum absolute atomic E-state index is 0.0568. The fourth-order valence-electron chi connectivity index (χ4n) is 2.38. The van der Waals surface area contributed by atoms with Crippen LogP contribution in [0.25, 0.3) is 0 Å². The number of thiophene rings is 1. The molecule has 0 aliphatic heterocycles. The van der Waals surface area contributed by atoms with Gasteiger partial charge in [-0.3, -0.25) is 4.79 Å². The second kappa shape index (κ2) is 8.60. The van der Waals surface area contributed by atoms with Crippen LogP contribution in [0.5, 0.6) is 0 Å². The monoisotopic (exact) mass is 380 g/mol. The summed E-state index contributed by atoms with van der Waals surface area (Å²) in [5, 5.41) is 1.98. The summed E-state index contributed by atoms with van der Waals surface area (Å²) in [6.07, 6.45) is 0.142. The highest BCUT2D eigenvalue weighted by Crippen LogP contribution is 2.15. The van der Waals surface area contributed by atoms with Gasteiger partial charge in [0.25, 0.3) is 0 Å². The molecule has 1 N–H and O–H groups in total. The second-order valence-corrected chi connectivity index (χ2v) is 8.68. The van der Waals surface area contributed by atoms with E-state index in [9.17, 15) is 13.2 Å². The van der Waals surface area contributed by atoms with Crippen molar-refractivity contribution in [2.45, 2.75) is 38.6 Å². The number of aryl methyl sites for hydroxylation is 2. The number of carbonyl (C=O) groups excluding carboxylic acids is 1. The summed E-state index contributed by atoms with van der Waals surface area (Å²) in [6.45, 7) is 6.99. The zero-order chi connectivity index (χ0) is 18.4. The molecule has 136 valence electrons. The summed E-state index contributed by atoms with van der Waals surface area (Å²) in [7, 11) is -3.60. The highest BCUT2D eigenvalue weighted by atomic mass is 32.2. The number of amides is 1. The number of carbonyl (C=O) groups is 1. The SMILES string of the molecule is CCN(Cc1cccs1)C(=O)CCNS(=O)(=O)c1ccc(C)c(C)c1. The van der Waals surface area contributed by atoms with Crippen molar-refractivity contribution in [2.24, 2.45) is 0 Å². The van der Waals surface area contributed by atoms with E-state index in [2.05, 4.69) is 4.72 Å². The lowest BCUT2D eigenvalue weighted by atomic mass is 10.1. The van der Waals surface area contributed by atoms with Crippen molar-refractivity contribution in [1.82, 2.24) is 9.62 Å². The fourth-order valence-corrected chi connectivity index (χ4v) is 4.22. The first-order valence-corrected chi connectivity index (χ1v) is 10.6. The maximum Gasteiger partial charge on any atom is 0.240 e. The van der Waals surface area contributed by atoms with Gasteiger partial charge in [-0.05, 0) is 55.5 Å². The van der Waals surface area contributed by atoms with Crippen LogP contribution in [0.2, 0.25) is 0 Å². The van der Waals surface area contributed by atoms with Crippen LogP contribution in [0.15, 0.2) is 40.6 Å². The maximum absolute atomic E-state index is 12.3. The average Bonchev–Trinajstić information content (AvgIpc) is 3.07.